The van der Waals surface area contributed by atoms with Gasteiger partial charge in [0, 0.05) is 17.5 Å². The summed E-state index contributed by atoms with van der Waals surface area (Å²) in [5.74, 6) is 0.200. The summed E-state index contributed by atoms with van der Waals surface area (Å²) in [5, 5.41) is 11.8. The van der Waals surface area contributed by atoms with Crippen LogP contribution in [0.1, 0.15) is 45.5 Å². The van der Waals surface area contributed by atoms with Crippen LogP contribution in [0, 0.1) is 18.3 Å². The molecule has 1 fully saturated rings. The first-order chi connectivity index (χ1) is 14.9. The van der Waals surface area contributed by atoms with Crippen molar-refractivity contribution in [3.8, 4) is 11.8 Å². The summed E-state index contributed by atoms with van der Waals surface area (Å²) in [4.78, 5) is 14.3. The van der Waals surface area contributed by atoms with E-state index in [0.29, 0.717) is 23.5 Å². The Hall–Kier alpha value is -3.36. The Bertz CT molecular complexity index is 1200. The normalized spacial score (nSPS) is 14.4. The minimum atomic E-state index is -0.455. The van der Waals surface area contributed by atoms with E-state index in [1.807, 2.05) is 56.3 Å². The summed E-state index contributed by atoms with van der Waals surface area (Å²) in [7, 11) is 3.98. The minimum Gasteiger partial charge on any atom is -0.492 e. The summed E-state index contributed by atoms with van der Waals surface area (Å²) in [6.45, 7) is 3.25. The van der Waals surface area contributed by atoms with Gasteiger partial charge in [-0.2, -0.15) is 5.26 Å². The molecule has 3 aromatic rings. The molecule has 31 heavy (non-hydrogen) atoms. The van der Waals surface area contributed by atoms with Gasteiger partial charge in [0.15, 0.2) is 0 Å². The standard InChI is InChI=1S/C26H27N3O2/c1-17-22(25(28)30)14-20(31-11-10-29(2)3)15-23(17)26(8-9-26)24-13-18(16-27)12-19-6-4-5-7-21(19)24/h4-7,12-15H,8-11H2,1-3H3,(H2,28,30). The Morgan fingerprint density at radius 3 is 2.55 bits per heavy atom. The van der Waals surface area contributed by atoms with Crippen LogP contribution in [0.3, 0.4) is 0 Å². The van der Waals surface area contributed by atoms with Crippen molar-refractivity contribution in [1.82, 2.24) is 4.90 Å². The average molecular weight is 414 g/mol. The van der Waals surface area contributed by atoms with E-state index in [4.69, 9.17) is 10.5 Å². The first kappa shape index (κ1) is 20.9. The Morgan fingerprint density at radius 2 is 1.90 bits per heavy atom. The largest absolute Gasteiger partial charge is 0.492 e. The molecule has 1 amide bonds. The number of hydrogen-bond acceptors (Lipinski definition) is 4. The fourth-order valence-electron chi connectivity index (χ4n) is 4.45. The lowest BCUT2D eigenvalue weighted by atomic mass is 9.80. The molecule has 5 heteroatoms. The number of benzene rings is 3. The number of nitrogens with two attached hydrogens (primary N) is 1. The number of hydrogen-bond donors (Lipinski definition) is 1. The highest BCUT2D eigenvalue weighted by atomic mass is 16.5. The van der Waals surface area contributed by atoms with Crippen molar-refractivity contribution in [2.75, 3.05) is 27.2 Å². The van der Waals surface area contributed by atoms with E-state index in [1.165, 1.54) is 0 Å². The topological polar surface area (TPSA) is 79.4 Å². The zero-order valence-corrected chi connectivity index (χ0v) is 18.2. The van der Waals surface area contributed by atoms with Crippen molar-refractivity contribution in [3.05, 3.63) is 76.3 Å². The molecule has 1 aliphatic rings. The Balaban J connectivity index is 1.88. The number of rotatable bonds is 7. The molecular weight excluding hydrogens is 386 g/mol. The van der Waals surface area contributed by atoms with Crippen molar-refractivity contribution < 1.29 is 9.53 Å². The second-order valence-electron chi connectivity index (χ2n) is 8.60. The van der Waals surface area contributed by atoms with Crippen LogP contribution < -0.4 is 10.5 Å². The van der Waals surface area contributed by atoms with Gasteiger partial charge in [-0.1, -0.05) is 24.3 Å². The highest BCUT2D eigenvalue weighted by molar-refractivity contribution is 5.96. The van der Waals surface area contributed by atoms with Crippen LogP contribution in [-0.4, -0.2) is 38.1 Å². The molecule has 0 saturated heterocycles. The fourth-order valence-corrected chi connectivity index (χ4v) is 4.45. The van der Waals surface area contributed by atoms with Gasteiger partial charge in [0.1, 0.15) is 12.4 Å². The molecule has 3 aromatic carbocycles. The Kier molecular flexibility index (Phi) is 5.43. The van der Waals surface area contributed by atoms with Crippen LogP contribution in [0.4, 0.5) is 0 Å². The van der Waals surface area contributed by atoms with Crippen LogP contribution in [0.2, 0.25) is 0 Å². The van der Waals surface area contributed by atoms with E-state index < -0.39 is 5.91 Å². The highest BCUT2D eigenvalue weighted by Crippen LogP contribution is 2.57. The third kappa shape index (κ3) is 3.87. The fraction of sp³-hybridized carbons (Fsp3) is 0.308. The van der Waals surface area contributed by atoms with Crippen molar-refractivity contribution >= 4 is 16.7 Å². The molecule has 0 unspecified atom stereocenters. The van der Waals surface area contributed by atoms with Crippen LogP contribution >= 0.6 is 0 Å². The number of likely N-dealkylation sites (N-methyl/N-ethyl adjacent to an activating group) is 1. The Morgan fingerprint density at radius 1 is 1.16 bits per heavy atom. The maximum Gasteiger partial charge on any atom is 0.249 e. The summed E-state index contributed by atoms with van der Waals surface area (Å²) in [6.07, 6.45) is 1.90. The molecule has 0 atom stereocenters. The quantitative estimate of drug-likeness (QED) is 0.631. The summed E-state index contributed by atoms with van der Waals surface area (Å²) < 4.78 is 5.99. The number of carbonyl (C=O) groups excluding carboxylic acids is 1. The number of nitrogens with zero attached hydrogens (tertiary/aromatic N) is 2. The summed E-state index contributed by atoms with van der Waals surface area (Å²) in [6, 6.07) is 18.2. The van der Waals surface area contributed by atoms with Gasteiger partial charge < -0.3 is 15.4 Å². The highest BCUT2D eigenvalue weighted by Gasteiger charge is 2.48. The Labute approximate surface area is 183 Å². The average Bonchev–Trinajstić information content (AvgIpc) is 3.55. The van der Waals surface area contributed by atoms with Gasteiger partial charge in [-0.3, -0.25) is 4.79 Å². The zero-order valence-electron chi connectivity index (χ0n) is 18.2. The van der Waals surface area contributed by atoms with E-state index in [-0.39, 0.29) is 5.41 Å². The summed E-state index contributed by atoms with van der Waals surface area (Å²) >= 11 is 0. The second kappa shape index (κ2) is 8.05. The molecular formula is C26H27N3O2. The predicted molar refractivity (Wildman–Crippen MR) is 122 cm³/mol. The van der Waals surface area contributed by atoms with E-state index in [0.717, 1.165) is 46.8 Å². The van der Waals surface area contributed by atoms with Gasteiger partial charge in [-0.25, -0.2) is 0 Å². The third-order valence-electron chi connectivity index (χ3n) is 6.23. The molecule has 1 saturated carbocycles. The second-order valence-corrected chi connectivity index (χ2v) is 8.60. The predicted octanol–water partition coefficient (Wildman–Crippen LogP) is 4.14. The zero-order chi connectivity index (χ0) is 22.2. The smallest absolute Gasteiger partial charge is 0.249 e. The van der Waals surface area contributed by atoms with E-state index in [9.17, 15) is 10.1 Å². The molecule has 5 nitrogen and oxygen atoms in total. The minimum absolute atomic E-state index is 0.248. The molecule has 0 aromatic heterocycles. The van der Waals surface area contributed by atoms with E-state index >= 15 is 0 Å². The molecule has 0 radical (unpaired) electrons. The number of ether oxygens (including phenoxy) is 1. The van der Waals surface area contributed by atoms with Crippen LogP contribution in [-0.2, 0) is 5.41 Å². The number of amides is 1. The SMILES string of the molecule is Cc1c(C(N)=O)cc(OCCN(C)C)cc1C1(c2cc(C#N)cc3ccccc23)CC1. The van der Waals surface area contributed by atoms with Crippen LogP contribution in [0.25, 0.3) is 10.8 Å². The maximum absolute atomic E-state index is 12.2. The first-order valence-corrected chi connectivity index (χ1v) is 10.5. The first-order valence-electron chi connectivity index (χ1n) is 10.5. The maximum atomic E-state index is 12.2. The van der Waals surface area contributed by atoms with Crippen molar-refractivity contribution in [2.45, 2.75) is 25.2 Å². The van der Waals surface area contributed by atoms with Crippen molar-refractivity contribution in [1.29, 1.82) is 5.26 Å². The third-order valence-corrected chi connectivity index (χ3v) is 6.23. The number of carbonyl (C=O) groups is 1. The monoisotopic (exact) mass is 413 g/mol. The van der Waals surface area contributed by atoms with Crippen molar-refractivity contribution in [3.63, 3.8) is 0 Å². The van der Waals surface area contributed by atoms with Gasteiger partial charge in [-0.05, 0) is 85.6 Å². The van der Waals surface area contributed by atoms with E-state index in [2.05, 4.69) is 18.2 Å². The van der Waals surface area contributed by atoms with Gasteiger partial charge in [0.05, 0.1) is 11.6 Å². The number of primary amides is 1. The van der Waals surface area contributed by atoms with Crippen molar-refractivity contribution in [2.24, 2.45) is 5.73 Å². The van der Waals surface area contributed by atoms with E-state index in [1.54, 1.807) is 6.07 Å². The molecule has 2 N–H and O–H groups in total. The van der Waals surface area contributed by atoms with Gasteiger partial charge >= 0.3 is 0 Å². The lowest BCUT2D eigenvalue weighted by molar-refractivity contribution is 0.0999. The lowest BCUT2D eigenvalue weighted by Crippen LogP contribution is -2.21. The molecule has 1 aliphatic carbocycles. The van der Waals surface area contributed by atoms with Gasteiger partial charge in [0.2, 0.25) is 5.91 Å². The van der Waals surface area contributed by atoms with Gasteiger partial charge in [-0.15, -0.1) is 0 Å². The molecule has 0 heterocycles. The molecule has 0 aliphatic heterocycles. The number of fused-ring (bicyclic) bond motifs is 1. The number of nitriles is 1. The molecule has 0 spiro atoms. The lowest BCUT2D eigenvalue weighted by Gasteiger charge is -2.24. The van der Waals surface area contributed by atoms with Gasteiger partial charge in [0.25, 0.3) is 0 Å². The van der Waals surface area contributed by atoms with Crippen LogP contribution in [0.5, 0.6) is 5.75 Å². The van der Waals surface area contributed by atoms with Crippen LogP contribution in [0.15, 0.2) is 48.5 Å². The summed E-state index contributed by atoms with van der Waals surface area (Å²) in [5.41, 5.74) is 9.68. The molecule has 4 rings (SSSR count). The molecule has 158 valence electrons. The molecule has 0 bridgehead atoms.